The van der Waals surface area contributed by atoms with Gasteiger partial charge in [-0.2, -0.15) is 13.2 Å². The molecule has 11 heteroatoms. The van der Waals surface area contributed by atoms with Crippen LogP contribution < -0.4 is 16.0 Å². The molecule has 0 fully saturated rings. The summed E-state index contributed by atoms with van der Waals surface area (Å²) in [6.07, 6.45) is -4.60. The number of carbonyl (C=O) groups is 3. The van der Waals surface area contributed by atoms with Crippen LogP contribution in [0.5, 0.6) is 0 Å². The van der Waals surface area contributed by atoms with E-state index in [0.717, 1.165) is 12.1 Å². The van der Waals surface area contributed by atoms with Crippen molar-refractivity contribution in [1.29, 1.82) is 0 Å². The van der Waals surface area contributed by atoms with Gasteiger partial charge in [-0.15, -0.1) is 0 Å². The Morgan fingerprint density at radius 2 is 1.70 bits per heavy atom. The lowest BCUT2D eigenvalue weighted by Crippen LogP contribution is -2.47. The van der Waals surface area contributed by atoms with Crippen molar-refractivity contribution in [2.24, 2.45) is 0 Å². The van der Waals surface area contributed by atoms with Gasteiger partial charge < -0.3 is 20.9 Å². The lowest BCUT2D eigenvalue weighted by molar-refractivity contribution is -0.133. The minimum atomic E-state index is -4.60. The van der Waals surface area contributed by atoms with Gasteiger partial charge in [0.2, 0.25) is 11.8 Å². The lowest BCUT2D eigenvalue weighted by Gasteiger charge is -2.23. The number of halogens is 4. The van der Waals surface area contributed by atoms with E-state index in [1.165, 1.54) is 18.9 Å². The molecule has 0 radical (unpaired) electrons. The molecule has 0 bridgehead atoms. The van der Waals surface area contributed by atoms with Gasteiger partial charge in [0.05, 0.1) is 13.1 Å². The fourth-order valence-electron chi connectivity index (χ4n) is 2.34. The second kappa shape index (κ2) is 9.77. The number of hydrogen-bond acceptors (Lipinski definition) is 4. The highest BCUT2D eigenvalue weighted by atomic mass is 19.4. The average molecular weight is 434 g/mol. The summed E-state index contributed by atoms with van der Waals surface area (Å²) in [5.41, 5.74) is -0.618. The third-order valence-electron chi connectivity index (χ3n) is 3.81. The maximum atomic E-state index is 14.1. The summed E-state index contributed by atoms with van der Waals surface area (Å²) >= 11 is 0. The monoisotopic (exact) mass is 434 g/mol. The lowest BCUT2D eigenvalue weighted by atomic mass is 10.1. The number of benzene rings is 1. The van der Waals surface area contributed by atoms with E-state index >= 15 is 0 Å². The third-order valence-corrected chi connectivity index (χ3v) is 3.81. The Kier molecular flexibility index (Phi) is 8.20. The molecule has 0 aliphatic rings. The largest absolute Gasteiger partial charge is 0.405 e. The van der Waals surface area contributed by atoms with E-state index in [1.54, 1.807) is 26.1 Å². The Morgan fingerprint density at radius 1 is 1.10 bits per heavy atom. The second-order valence-corrected chi connectivity index (χ2v) is 7.83. The van der Waals surface area contributed by atoms with E-state index < -0.39 is 35.9 Å². The fourth-order valence-corrected chi connectivity index (χ4v) is 2.34. The predicted octanol–water partition coefficient (Wildman–Crippen LogP) is 2.21. The van der Waals surface area contributed by atoms with Crippen LogP contribution in [-0.4, -0.2) is 61.0 Å². The van der Waals surface area contributed by atoms with Crippen molar-refractivity contribution in [2.45, 2.75) is 39.4 Å². The Labute approximate surface area is 172 Å². The van der Waals surface area contributed by atoms with Gasteiger partial charge in [0.1, 0.15) is 12.4 Å². The van der Waals surface area contributed by atoms with E-state index in [9.17, 15) is 31.9 Å². The van der Waals surface area contributed by atoms with Gasteiger partial charge in [-0.1, -0.05) is 0 Å². The van der Waals surface area contributed by atoms with Crippen LogP contribution in [-0.2, 0) is 9.59 Å². The minimum absolute atomic E-state index is 0.0769. The maximum Gasteiger partial charge on any atom is 0.405 e. The highest BCUT2D eigenvalue weighted by Crippen LogP contribution is 2.21. The van der Waals surface area contributed by atoms with Crippen molar-refractivity contribution in [3.63, 3.8) is 0 Å². The van der Waals surface area contributed by atoms with Crippen LogP contribution in [0.2, 0.25) is 0 Å². The highest BCUT2D eigenvalue weighted by molar-refractivity contribution is 5.95. The molecule has 3 N–H and O–H groups in total. The summed E-state index contributed by atoms with van der Waals surface area (Å²) in [7, 11) is 1.42. The third kappa shape index (κ3) is 8.66. The van der Waals surface area contributed by atoms with E-state index in [1.807, 2.05) is 0 Å². The Morgan fingerprint density at radius 3 is 2.23 bits per heavy atom. The van der Waals surface area contributed by atoms with Crippen LogP contribution in [0.1, 0.15) is 36.7 Å². The van der Waals surface area contributed by atoms with E-state index in [2.05, 4.69) is 10.6 Å². The summed E-state index contributed by atoms with van der Waals surface area (Å²) in [5.74, 6) is -2.76. The first-order valence-corrected chi connectivity index (χ1v) is 9.03. The van der Waals surface area contributed by atoms with Gasteiger partial charge in [0.15, 0.2) is 0 Å². The van der Waals surface area contributed by atoms with Crippen molar-refractivity contribution in [2.75, 3.05) is 32.0 Å². The standard InChI is InChI=1S/C19H26F4N4O3/c1-11-13(20)6-12(17(30)25-10-19(21,22)23)7-14(11)24-8-16(29)27(5)9-15(28)26-18(2,3)4/h6-7,24H,8-10H2,1-5H3,(H,25,30)(H,26,28). The van der Waals surface area contributed by atoms with Gasteiger partial charge in [-0.25, -0.2) is 4.39 Å². The van der Waals surface area contributed by atoms with Crippen LogP contribution in [0.15, 0.2) is 12.1 Å². The average Bonchev–Trinajstić information content (AvgIpc) is 2.57. The van der Waals surface area contributed by atoms with Gasteiger partial charge in [0.25, 0.3) is 5.91 Å². The molecule has 1 aromatic carbocycles. The zero-order valence-corrected chi connectivity index (χ0v) is 17.5. The smallest absolute Gasteiger partial charge is 0.376 e. The molecule has 30 heavy (non-hydrogen) atoms. The molecule has 0 atom stereocenters. The Hall–Kier alpha value is -2.85. The molecule has 0 saturated carbocycles. The molecule has 0 saturated heterocycles. The number of anilines is 1. The van der Waals surface area contributed by atoms with Crippen molar-refractivity contribution < 1.29 is 31.9 Å². The Bertz CT molecular complexity index is 804. The SMILES string of the molecule is Cc1c(F)cc(C(=O)NCC(F)(F)F)cc1NCC(=O)N(C)CC(=O)NC(C)(C)C. The molecule has 0 aliphatic heterocycles. The predicted molar refractivity (Wildman–Crippen MR) is 104 cm³/mol. The molecular weight excluding hydrogens is 408 g/mol. The number of alkyl halides is 3. The van der Waals surface area contributed by atoms with Crippen LogP contribution >= 0.6 is 0 Å². The summed E-state index contributed by atoms with van der Waals surface area (Å²) in [6, 6.07) is 1.97. The minimum Gasteiger partial charge on any atom is -0.376 e. The van der Waals surface area contributed by atoms with Crippen molar-refractivity contribution >= 4 is 23.4 Å². The Balaban J connectivity index is 2.78. The van der Waals surface area contributed by atoms with Crippen LogP contribution in [0.3, 0.4) is 0 Å². The quantitative estimate of drug-likeness (QED) is 0.574. The first kappa shape index (κ1) is 25.2. The normalized spacial score (nSPS) is 11.6. The number of hydrogen-bond donors (Lipinski definition) is 3. The van der Waals surface area contributed by atoms with E-state index in [-0.39, 0.29) is 35.8 Å². The van der Waals surface area contributed by atoms with Gasteiger partial charge >= 0.3 is 6.18 Å². The van der Waals surface area contributed by atoms with Crippen molar-refractivity contribution in [1.82, 2.24) is 15.5 Å². The fraction of sp³-hybridized carbons (Fsp3) is 0.526. The first-order chi connectivity index (χ1) is 13.6. The maximum absolute atomic E-state index is 14.1. The molecule has 168 valence electrons. The topological polar surface area (TPSA) is 90.5 Å². The van der Waals surface area contributed by atoms with Crippen LogP contribution in [0, 0.1) is 12.7 Å². The zero-order chi connectivity index (χ0) is 23.3. The molecule has 1 aromatic rings. The van der Waals surface area contributed by atoms with E-state index in [4.69, 9.17) is 0 Å². The van der Waals surface area contributed by atoms with Gasteiger partial charge in [-0.3, -0.25) is 14.4 Å². The second-order valence-electron chi connectivity index (χ2n) is 7.83. The number of nitrogens with zero attached hydrogens (tertiary/aromatic N) is 1. The molecule has 7 nitrogen and oxygen atoms in total. The number of amides is 3. The highest BCUT2D eigenvalue weighted by Gasteiger charge is 2.28. The molecule has 0 heterocycles. The van der Waals surface area contributed by atoms with Gasteiger partial charge in [-0.05, 0) is 39.8 Å². The molecule has 0 aromatic heterocycles. The van der Waals surface area contributed by atoms with E-state index in [0.29, 0.717) is 0 Å². The van der Waals surface area contributed by atoms with Crippen molar-refractivity contribution in [3.05, 3.63) is 29.1 Å². The summed E-state index contributed by atoms with van der Waals surface area (Å²) in [4.78, 5) is 37.2. The molecular formula is C19H26F4N4O3. The molecule has 3 amide bonds. The van der Waals surface area contributed by atoms with Crippen molar-refractivity contribution in [3.8, 4) is 0 Å². The zero-order valence-electron chi connectivity index (χ0n) is 17.5. The number of carbonyl (C=O) groups excluding carboxylic acids is 3. The molecule has 0 unspecified atom stereocenters. The summed E-state index contributed by atoms with van der Waals surface area (Å²) < 4.78 is 50.8. The number of rotatable bonds is 7. The number of nitrogens with one attached hydrogen (secondary N) is 3. The van der Waals surface area contributed by atoms with Crippen LogP contribution in [0.4, 0.5) is 23.2 Å². The molecule has 0 spiro atoms. The molecule has 1 rings (SSSR count). The number of likely N-dealkylation sites (N-methyl/N-ethyl adjacent to an activating group) is 1. The van der Waals surface area contributed by atoms with Gasteiger partial charge in [0, 0.05) is 29.4 Å². The summed E-state index contributed by atoms with van der Waals surface area (Å²) in [5, 5.41) is 7.03. The van der Waals surface area contributed by atoms with Crippen LogP contribution in [0.25, 0.3) is 0 Å². The summed E-state index contributed by atoms with van der Waals surface area (Å²) in [6.45, 7) is 4.72. The first-order valence-electron chi connectivity index (χ1n) is 9.03. The molecule has 0 aliphatic carbocycles.